The Morgan fingerprint density at radius 2 is 1.79 bits per heavy atom. The molecule has 1 fully saturated rings. The summed E-state index contributed by atoms with van der Waals surface area (Å²) in [5.74, 6) is -2.39. The van der Waals surface area contributed by atoms with Gasteiger partial charge in [-0.25, -0.2) is 4.39 Å². The molecule has 1 aliphatic rings. The number of nitrogens with zero attached hydrogens (tertiary/aromatic N) is 1. The molecule has 2 N–H and O–H groups in total. The third kappa shape index (κ3) is 4.15. The molecule has 0 saturated carbocycles. The van der Waals surface area contributed by atoms with Crippen molar-refractivity contribution in [2.24, 2.45) is 0 Å². The van der Waals surface area contributed by atoms with Crippen molar-refractivity contribution in [2.75, 3.05) is 7.11 Å². The van der Waals surface area contributed by atoms with Gasteiger partial charge in [-0.2, -0.15) is 0 Å². The van der Waals surface area contributed by atoms with Gasteiger partial charge in [0.1, 0.15) is 23.1 Å². The minimum absolute atomic E-state index is 0.0171. The van der Waals surface area contributed by atoms with Crippen LogP contribution in [0, 0.1) is 5.82 Å². The van der Waals surface area contributed by atoms with E-state index < -0.39 is 29.3 Å². The Labute approximate surface area is 194 Å². The van der Waals surface area contributed by atoms with Crippen LogP contribution in [-0.2, 0) is 16.1 Å². The molecule has 1 unspecified atom stereocenters. The topological polar surface area (TPSA) is 87.1 Å². The SMILES string of the molecule is COc1ccccc1/C(O)=C1/C(=O)C(=O)N(Cc2ccc(F)cc2)C1c1ccc(O)c(Cl)c1. The molecule has 3 aromatic carbocycles. The van der Waals surface area contributed by atoms with Crippen LogP contribution in [0.1, 0.15) is 22.7 Å². The molecule has 168 valence electrons. The summed E-state index contributed by atoms with van der Waals surface area (Å²) in [7, 11) is 1.43. The number of carbonyl (C=O) groups is 2. The van der Waals surface area contributed by atoms with Crippen molar-refractivity contribution in [3.05, 3.63) is 99.8 Å². The normalized spacial score (nSPS) is 17.4. The first-order valence-corrected chi connectivity index (χ1v) is 10.3. The molecule has 0 aliphatic carbocycles. The van der Waals surface area contributed by atoms with Crippen LogP contribution in [0.15, 0.2) is 72.3 Å². The Bertz CT molecular complexity index is 1270. The molecule has 8 heteroatoms. The molecule has 1 atom stereocenters. The average Bonchev–Trinajstić information content (AvgIpc) is 3.06. The van der Waals surface area contributed by atoms with E-state index in [-0.39, 0.29) is 28.5 Å². The highest BCUT2D eigenvalue weighted by molar-refractivity contribution is 6.46. The van der Waals surface area contributed by atoms with E-state index in [1.165, 1.54) is 54.5 Å². The number of hydrogen-bond acceptors (Lipinski definition) is 5. The monoisotopic (exact) mass is 467 g/mol. The van der Waals surface area contributed by atoms with Gasteiger partial charge in [-0.1, -0.05) is 41.9 Å². The maximum absolute atomic E-state index is 13.4. The maximum Gasteiger partial charge on any atom is 0.295 e. The third-order valence-electron chi connectivity index (χ3n) is 5.46. The predicted molar refractivity (Wildman–Crippen MR) is 120 cm³/mol. The maximum atomic E-state index is 13.4. The number of para-hydroxylation sites is 1. The first kappa shape index (κ1) is 22.4. The second kappa shape index (κ2) is 8.96. The van der Waals surface area contributed by atoms with Crippen molar-refractivity contribution in [1.82, 2.24) is 4.90 Å². The first-order chi connectivity index (χ1) is 15.8. The molecule has 0 bridgehead atoms. The minimum atomic E-state index is -1.00. The molecule has 1 heterocycles. The van der Waals surface area contributed by atoms with Crippen LogP contribution >= 0.6 is 11.6 Å². The number of benzene rings is 3. The van der Waals surface area contributed by atoms with Crippen molar-refractivity contribution < 1.29 is 28.9 Å². The Morgan fingerprint density at radius 3 is 2.45 bits per heavy atom. The molecule has 0 radical (unpaired) electrons. The number of halogens is 2. The average molecular weight is 468 g/mol. The number of ether oxygens (including phenoxy) is 1. The van der Waals surface area contributed by atoms with Gasteiger partial charge in [0.25, 0.3) is 11.7 Å². The lowest BCUT2D eigenvalue weighted by atomic mass is 9.94. The largest absolute Gasteiger partial charge is 0.507 e. The summed E-state index contributed by atoms with van der Waals surface area (Å²) in [5.41, 5.74) is 1.10. The number of aliphatic hydroxyl groups is 1. The zero-order valence-corrected chi connectivity index (χ0v) is 18.2. The summed E-state index contributed by atoms with van der Waals surface area (Å²) in [6.45, 7) is -0.0171. The van der Waals surface area contributed by atoms with Crippen LogP contribution in [0.5, 0.6) is 11.5 Å². The van der Waals surface area contributed by atoms with Gasteiger partial charge in [0.05, 0.1) is 29.3 Å². The minimum Gasteiger partial charge on any atom is -0.507 e. The predicted octanol–water partition coefficient (Wildman–Crippen LogP) is 4.82. The molecule has 1 aliphatic heterocycles. The highest BCUT2D eigenvalue weighted by Gasteiger charge is 2.46. The van der Waals surface area contributed by atoms with E-state index in [4.69, 9.17) is 16.3 Å². The van der Waals surface area contributed by atoms with Gasteiger partial charge < -0.3 is 19.8 Å². The standard InChI is InChI=1S/C25H19ClFNO5/c1-33-20-5-3-2-4-17(20)23(30)21-22(15-8-11-19(29)18(26)12-15)28(25(32)24(21)31)13-14-6-9-16(27)10-7-14/h2-12,22,29-30H,13H2,1H3/b23-21-. The molecule has 4 rings (SSSR count). The van der Waals surface area contributed by atoms with Gasteiger partial charge in [0.15, 0.2) is 0 Å². The van der Waals surface area contributed by atoms with E-state index in [1.54, 1.807) is 24.3 Å². The van der Waals surface area contributed by atoms with Gasteiger partial charge in [-0.05, 0) is 47.5 Å². The van der Waals surface area contributed by atoms with E-state index in [2.05, 4.69) is 0 Å². The number of carbonyl (C=O) groups excluding carboxylic acids is 2. The number of methoxy groups -OCH3 is 1. The number of hydrogen-bond donors (Lipinski definition) is 2. The first-order valence-electron chi connectivity index (χ1n) is 9.96. The Hall–Kier alpha value is -3.84. The summed E-state index contributed by atoms with van der Waals surface area (Å²) in [5, 5.41) is 21.0. The van der Waals surface area contributed by atoms with Crippen LogP contribution in [0.2, 0.25) is 5.02 Å². The lowest BCUT2D eigenvalue weighted by molar-refractivity contribution is -0.140. The van der Waals surface area contributed by atoms with Crippen molar-refractivity contribution in [1.29, 1.82) is 0 Å². The zero-order chi connectivity index (χ0) is 23.7. The molecular weight excluding hydrogens is 449 g/mol. The number of likely N-dealkylation sites (tertiary alicyclic amines) is 1. The smallest absolute Gasteiger partial charge is 0.295 e. The van der Waals surface area contributed by atoms with Crippen molar-refractivity contribution >= 4 is 29.1 Å². The summed E-state index contributed by atoms with van der Waals surface area (Å²) in [4.78, 5) is 27.5. The molecule has 3 aromatic rings. The highest BCUT2D eigenvalue weighted by atomic mass is 35.5. The van der Waals surface area contributed by atoms with Crippen LogP contribution in [0.3, 0.4) is 0 Å². The van der Waals surface area contributed by atoms with E-state index in [1.807, 2.05) is 0 Å². The molecule has 0 spiro atoms. The molecule has 1 amide bonds. The number of ketones is 1. The molecule has 6 nitrogen and oxygen atoms in total. The van der Waals surface area contributed by atoms with E-state index in [9.17, 15) is 24.2 Å². The summed E-state index contributed by atoms with van der Waals surface area (Å²) < 4.78 is 18.7. The zero-order valence-electron chi connectivity index (χ0n) is 17.5. The fraction of sp³-hybridized carbons (Fsp3) is 0.120. The number of phenolic OH excluding ortho intramolecular Hbond substituents is 1. The van der Waals surface area contributed by atoms with E-state index in [0.29, 0.717) is 16.9 Å². The van der Waals surface area contributed by atoms with Gasteiger partial charge in [0.2, 0.25) is 0 Å². The summed E-state index contributed by atoms with van der Waals surface area (Å²) in [6, 6.07) is 15.4. The number of Topliss-reactive ketones (excluding diaryl/α,β-unsaturated/α-hetero) is 1. The quantitative estimate of drug-likeness (QED) is 0.319. The van der Waals surface area contributed by atoms with Gasteiger partial charge in [-0.15, -0.1) is 0 Å². The van der Waals surface area contributed by atoms with E-state index >= 15 is 0 Å². The fourth-order valence-electron chi connectivity index (χ4n) is 3.85. The molecule has 33 heavy (non-hydrogen) atoms. The van der Waals surface area contributed by atoms with Gasteiger partial charge >= 0.3 is 0 Å². The second-order valence-electron chi connectivity index (χ2n) is 7.46. The Kier molecular flexibility index (Phi) is 6.07. The van der Waals surface area contributed by atoms with Crippen LogP contribution < -0.4 is 4.74 Å². The number of amides is 1. The fourth-order valence-corrected chi connectivity index (χ4v) is 4.04. The van der Waals surface area contributed by atoms with E-state index in [0.717, 1.165) is 0 Å². The summed E-state index contributed by atoms with van der Waals surface area (Å²) >= 11 is 6.10. The van der Waals surface area contributed by atoms with Crippen molar-refractivity contribution in [3.8, 4) is 11.5 Å². The second-order valence-corrected chi connectivity index (χ2v) is 7.87. The highest BCUT2D eigenvalue weighted by Crippen LogP contribution is 2.43. The summed E-state index contributed by atoms with van der Waals surface area (Å²) in [6.07, 6.45) is 0. The number of aromatic hydroxyl groups is 1. The lowest BCUT2D eigenvalue weighted by Gasteiger charge is -2.26. The van der Waals surface area contributed by atoms with Crippen LogP contribution in [0.4, 0.5) is 4.39 Å². The molecule has 1 saturated heterocycles. The third-order valence-corrected chi connectivity index (χ3v) is 5.76. The van der Waals surface area contributed by atoms with Crippen LogP contribution in [0.25, 0.3) is 5.76 Å². The van der Waals surface area contributed by atoms with Gasteiger partial charge in [0, 0.05) is 6.54 Å². The number of rotatable bonds is 5. The van der Waals surface area contributed by atoms with Gasteiger partial charge in [-0.3, -0.25) is 9.59 Å². The Morgan fingerprint density at radius 1 is 1.09 bits per heavy atom. The molecular formula is C25H19ClFNO5. The van der Waals surface area contributed by atoms with Crippen molar-refractivity contribution in [2.45, 2.75) is 12.6 Å². The number of phenols is 1. The van der Waals surface area contributed by atoms with Crippen LogP contribution in [-0.4, -0.2) is 33.9 Å². The van der Waals surface area contributed by atoms with Crippen molar-refractivity contribution in [3.63, 3.8) is 0 Å². The molecule has 0 aromatic heterocycles. The Balaban J connectivity index is 1.90. The number of aliphatic hydroxyl groups excluding tert-OH is 1. The lowest BCUT2D eigenvalue weighted by Crippen LogP contribution is -2.29.